The maximum Gasteiger partial charge on any atom is 0.0272 e. The first-order valence-electron chi connectivity index (χ1n) is 4.55. The van der Waals surface area contributed by atoms with Gasteiger partial charge in [0.15, 0.2) is 0 Å². The van der Waals surface area contributed by atoms with Crippen LogP contribution in [0.3, 0.4) is 0 Å². The molecule has 8 heavy (non-hydrogen) atoms. The maximum atomic E-state index is 7.70. The van der Waals surface area contributed by atoms with Crippen molar-refractivity contribution in [1.82, 2.24) is 0 Å². The van der Waals surface area contributed by atoms with Crippen LogP contribution in [-0.2, 0) is 0 Å². The van der Waals surface area contributed by atoms with Gasteiger partial charge >= 0.3 is 0 Å². The molecule has 1 rings (SSSR count). The van der Waals surface area contributed by atoms with Crippen molar-refractivity contribution in [2.24, 2.45) is 11.8 Å². The van der Waals surface area contributed by atoms with E-state index in [0.717, 1.165) is 12.8 Å². The van der Waals surface area contributed by atoms with E-state index in [1.807, 2.05) is 13.8 Å². The molecule has 1 fully saturated rings. The van der Waals surface area contributed by atoms with E-state index >= 15 is 0 Å². The molecule has 0 N–H and O–H groups in total. The fourth-order valence-electron chi connectivity index (χ4n) is 1.05. The second kappa shape index (κ2) is 2.52. The standard InChI is InChI=1S/C8H16/c1-7(2)6-8-4-3-5-8/h7-8H,3-6H2,1-2H3/i6T2. The number of rotatable bonds is 2. The lowest BCUT2D eigenvalue weighted by Crippen LogP contribution is -2.12. The Morgan fingerprint density at radius 2 is 2.25 bits per heavy atom. The van der Waals surface area contributed by atoms with E-state index in [9.17, 15) is 0 Å². The van der Waals surface area contributed by atoms with E-state index in [2.05, 4.69) is 0 Å². The second-order valence-corrected chi connectivity index (χ2v) is 2.95. The van der Waals surface area contributed by atoms with Crippen LogP contribution in [0.1, 0.15) is 42.2 Å². The van der Waals surface area contributed by atoms with Crippen molar-refractivity contribution in [3.63, 3.8) is 0 Å². The molecule has 48 valence electrons. The number of hydrogen-bond donors (Lipinski definition) is 0. The van der Waals surface area contributed by atoms with Gasteiger partial charge in [0, 0.05) is 2.74 Å². The summed E-state index contributed by atoms with van der Waals surface area (Å²) in [6.45, 7) is 3.94. The van der Waals surface area contributed by atoms with Crippen molar-refractivity contribution in [2.45, 2.75) is 39.5 Å². The molecule has 0 radical (unpaired) electrons. The Morgan fingerprint density at radius 1 is 1.62 bits per heavy atom. The van der Waals surface area contributed by atoms with E-state index in [-0.39, 0.29) is 5.92 Å². The third kappa shape index (κ3) is 1.50. The molecule has 1 aliphatic rings. The average molecular weight is 116 g/mol. The Bertz CT molecular complexity index is 114. The lowest BCUT2D eigenvalue weighted by molar-refractivity contribution is 0.264. The van der Waals surface area contributed by atoms with Crippen LogP contribution in [0.2, 0.25) is 0 Å². The fraction of sp³-hybridized carbons (Fsp3) is 1.00. The summed E-state index contributed by atoms with van der Waals surface area (Å²) in [4.78, 5) is 0. The first-order valence-corrected chi connectivity index (χ1v) is 3.55. The van der Waals surface area contributed by atoms with Crippen LogP contribution < -0.4 is 0 Å². The van der Waals surface area contributed by atoms with Crippen molar-refractivity contribution >= 4 is 0 Å². The molecule has 0 aliphatic heterocycles. The van der Waals surface area contributed by atoms with Gasteiger partial charge in [0.25, 0.3) is 0 Å². The molecule has 0 nitrogen and oxygen atoms in total. The summed E-state index contributed by atoms with van der Waals surface area (Å²) >= 11 is 0. The Morgan fingerprint density at radius 3 is 2.38 bits per heavy atom. The van der Waals surface area contributed by atoms with Gasteiger partial charge in [-0.25, -0.2) is 0 Å². The summed E-state index contributed by atoms with van der Waals surface area (Å²) in [6.07, 6.45) is 2.53. The van der Waals surface area contributed by atoms with Crippen LogP contribution >= 0.6 is 0 Å². The predicted molar refractivity (Wildman–Crippen MR) is 36.8 cm³/mol. The molecule has 0 aromatic heterocycles. The Labute approximate surface area is 55.1 Å². The zero-order valence-corrected chi connectivity index (χ0v) is 5.78. The summed E-state index contributed by atoms with van der Waals surface area (Å²) in [5.41, 5.74) is 0. The highest BCUT2D eigenvalue weighted by atomic mass is 14.2. The molecule has 0 spiro atoms. The molecule has 1 aliphatic carbocycles. The largest absolute Gasteiger partial charge is 0.0628 e. The minimum Gasteiger partial charge on any atom is -0.0628 e. The minimum atomic E-state index is -0.905. The Hall–Kier alpha value is 0. The van der Waals surface area contributed by atoms with E-state index in [0.29, 0.717) is 5.92 Å². The van der Waals surface area contributed by atoms with E-state index in [1.54, 1.807) is 0 Å². The van der Waals surface area contributed by atoms with Crippen molar-refractivity contribution in [3.8, 4) is 0 Å². The lowest BCUT2D eigenvalue weighted by Gasteiger charge is -2.26. The van der Waals surface area contributed by atoms with Crippen molar-refractivity contribution in [3.05, 3.63) is 0 Å². The van der Waals surface area contributed by atoms with E-state index in [1.165, 1.54) is 6.42 Å². The van der Waals surface area contributed by atoms with Crippen LogP contribution in [0.25, 0.3) is 0 Å². The van der Waals surface area contributed by atoms with Gasteiger partial charge in [-0.15, -0.1) is 0 Å². The van der Waals surface area contributed by atoms with E-state index in [4.69, 9.17) is 2.74 Å². The summed E-state index contributed by atoms with van der Waals surface area (Å²) in [5, 5.41) is 0. The molecular formula is C8H16. The smallest absolute Gasteiger partial charge is 0.0272 e. The first-order chi connectivity index (χ1) is 4.55. The zero-order valence-electron chi connectivity index (χ0n) is 7.78. The van der Waals surface area contributed by atoms with Gasteiger partial charge in [-0.2, -0.15) is 0 Å². The fourth-order valence-corrected chi connectivity index (χ4v) is 1.05. The van der Waals surface area contributed by atoms with Gasteiger partial charge in [0.05, 0.1) is 0 Å². The van der Waals surface area contributed by atoms with Crippen LogP contribution in [0.5, 0.6) is 0 Å². The Kier molecular flexibility index (Phi) is 1.23. The van der Waals surface area contributed by atoms with Crippen LogP contribution in [0.15, 0.2) is 0 Å². The highest BCUT2D eigenvalue weighted by molar-refractivity contribution is 4.70. The lowest BCUT2D eigenvalue weighted by atomic mass is 9.80. The molecule has 0 aromatic carbocycles. The summed E-state index contributed by atoms with van der Waals surface area (Å²) in [5.74, 6) is 0.533. The van der Waals surface area contributed by atoms with Crippen molar-refractivity contribution in [1.29, 1.82) is 0 Å². The molecule has 0 amide bonds. The Balaban J connectivity index is 2.48. The van der Waals surface area contributed by atoms with Gasteiger partial charge in [-0.1, -0.05) is 33.1 Å². The van der Waals surface area contributed by atoms with Crippen LogP contribution in [0, 0.1) is 11.8 Å². The van der Waals surface area contributed by atoms with Crippen LogP contribution in [-0.4, -0.2) is 0 Å². The zero-order chi connectivity index (χ0) is 7.78. The van der Waals surface area contributed by atoms with Gasteiger partial charge in [0.1, 0.15) is 0 Å². The topological polar surface area (TPSA) is 0 Å². The molecule has 0 unspecified atom stereocenters. The van der Waals surface area contributed by atoms with Gasteiger partial charge in [-0.3, -0.25) is 0 Å². The minimum absolute atomic E-state index is 0.179. The predicted octanol–water partition coefficient (Wildman–Crippen LogP) is 2.83. The number of hydrogen-bond acceptors (Lipinski definition) is 0. The van der Waals surface area contributed by atoms with Crippen LogP contribution in [0.4, 0.5) is 0 Å². The van der Waals surface area contributed by atoms with E-state index < -0.39 is 6.37 Å². The normalized spacial score (nSPS) is 26.9. The SMILES string of the molecule is [3H]C([3H])(C(C)C)C1CCC1. The molecule has 0 heterocycles. The highest BCUT2D eigenvalue weighted by Gasteiger charge is 2.17. The highest BCUT2D eigenvalue weighted by Crippen LogP contribution is 2.31. The van der Waals surface area contributed by atoms with Crippen molar-refractivity contribution in [2.75, 3.05) is 0 Å². The third-order valence-electron chi connectivity index (χ3n) is 1.67. The van der Waals surface area contributed by atoms with Crippen molar-refractivity contribution < 1.29 is 2.74 Å². The molecule has 0 atom stereocenters. The van der Waals surface area contributed by atoms with Gasteiger partial charge in [0.2, 0.25) is 0 Å². The summed E-state index contributed by atoms with van der Waals surface area (Å²) < 4.78 is 15.4. The molecule has 0 saturated heterocycles. The average Bonchev–Trinajstić information content (AvgIpc) is 1.57. The van der Waals surface area contributed by atoms with Gasteiger partial charge < -0.3 is 0 Å². The quantitative estimate of drug-likeness (QED) is 0.520. The molecular weight excluding hydrogens is 96.1 g/mol. The second-order valence-electron chi connectivity index (χ2n) is 2.95. The van der Waals surface area contributed by atoms with Gasteiger partial charge in [-0.05, 0) is 18.2 Å². The molecule has 0 bridgehead atoms. The summed E-state index contributed by atoms with van der Waals surface area (Å²) in [7, 11) is 0. The molecule has 0 aromatic rings. The third-order valence-corrected chi connectivity index (χ3v) is 1.67. The molecule has 1 saturated carbocycles. The monoisotopic (exact) mass is 116 g/mol. The maximum absolute atomic E-state index is 7.70. The summed E-state index contributed by atoms with van der Waals surface area (Å²) in [6, 6.07) is 0. The first kappa shape index (κ1) is 3.92. The molecule has 0 heteroatoms.